The second-order valence-corrected chi connectivity index (χ2v) is 6.71. The van der Waals surface area contributed by atoms with Crippen molar-refractivity contribution in [3.8, 4) is 0 Å². The van der Waals surface area contributed by atoms with Gasteiger partial charge in [0.25, 0.3) is 11.8 Å². The number of hydrogen-bond acceptors (Lipinski definition) is 5. The van der Waals surface area contributed by atoms with Gasteiger partial charge in [-0.15, -0.1) is 0 Å². The maximum Gasteiger partial charge on any atom is 0.263 e. The normalized spacial score (nSPS) is 22.0. The number of carbonyl (C=O) groups excluding carboxylic acids is 2. The Morgan fingerprint density at radius 1 is 0.960 bits per heavy atom. The van der Waals surface area contributed by atoms with E-state index in [-0.39, 0.29) is 11.8 Å². The molecule has 0 spiro atoms. The molecule has 2 aliphatic rings. The second kappa shape index (κ2) is 5.67. The van der Waals surface area contributed by atoms with Crippen molar-refractivity contribution in [2.75, 3.05) is 9.91 Å². The summed E-state index contributed by atoms with van der Waals surface area (Å²) in [5.74, 6) is -0.682. The molecular weight excluding hydrogens is 340 g/mol. The molecule has 0 N–H and O–H groups in total. The molecule has 25 heavy (non-hydrogen) atoms. The molecule has 0 bridgehead atoms. The molecule has 2 heterocycles. The summed E-state index contributed by atoms with van der Waals surface area (Å²) in [4.78, 5) is 27.0. The number of benzene rings is 2. The minimum Gasteiger partial charge on any atom is -0.271 e. The molecule has 4 rings (SSSR count). The Morgan fingerprint density at radius 2 is 1.68 bits per heavy atom. The number of imide groups is 1. The first-order chi connectivity index (χ1) is 12.0. The minimum atomic E-state index is -0.827. The molecule has 1 saturated heterocycles. The van der Waals surface area contributed by atoms with Crippen LogP contribution in [0.15, 0.2) is 52.8 Å². The lowest BCUT2D eigenvalue weighted by Crippen LogP contribution is -2.39. The maximum atomic E-state index is 13.0. The van der Waals surface area contributed by atoms with E-state index in [0.717, 1.165) is 11.1 Å². The Morgan fingerprint density at radius 3 is 2.36 bits per heavy atom. The first-order valence-corrected chi connectivity index (χ1v) is 8.25. The molecule has 2 aliphatic heterocycles. The molecule has 2 aromatic rings. The van der Waals surface area contributed by atoms with Gasteiger partial charge in [0.1, 0.15) is 0 Å². The third kappa shape index (κ3) is 2.49. The summed E-state index contributed by atoms with van der Waals surface area (Å²) in [6.07, 6.45) is 0. The van der Waals surface area contributed by atoms with Gasteiger partial charge in [-0.25, -0.2) is 9.91 Å². The summed E-state index contributed by atoms with van der Waals surface area (Å²) in [6.45, 7) is 3.86. The topological polar surface area (TPSA) is 65.3 Å². The molecular formula is C18H15ClN4O2. The van der Waals surface area contributed by atoms with Gasteiger partial charge in [-0.1, -0.05) is 29.0 Å². The van der Waals surface area contributed by atoms with Gasteiger partial charge in [-0.05, 0) is 55.3 Å². The number of nitrogens with zero attached hydrogens (tertiary/aromatic N) is 4. The fourth-order valence-electron chi connectivity index (χ4n) is 3.33. The summed E-state index contributed by atoms with van der Waals surface area (Å²) in [6, 6.07) is 11.0. The molecule has 1 fully saturated rings. The van der Waals surface area contributed by atoms with Crippen LogP contribution >= 0.6 is 11.6 Å². The number of hydrogen-bond donors (Lipinski definition) is 0. The molecule has 0 saturated carbocycles. The molecule has 2 aromatic carbocycles. The van der Waals surface area contributed by atoms with Gasteiger partial charge in [0.05, 0.1) is 11.4 Å². The van der Waals surface area contributed by atoms with Crippen molar-refractivity contribution >= 4 is 34.8 Å². The van der Waals surface area contributed by atoms with Crippen molar-refractivity contribution in [2.45, 2.75) is 25.9 Å². The number of rotatable bonds is 2. The zero-order chi connectivity index (χ0) is 17.7. The van der Waals surface area contributed by atoms with Crippen molar-refractivity contribution in [3.63, 3.8) is 0 Å². The molecule has 7 heteroatoms. The van der Waals surface area contributed by atoms with E-state index in [1.807, 2.05) is 32.0 Å². The minimum absolute atomic E-state index is 0.329. The van der Waals surface area contributed by atoms with Crippen LogP contribution in [0.5, 0.6) is 0 Å². The number of aryl methyl sites for hydroxylation is 2. The van der Waals surface area contributed by atoms with E-state index in [1.54, 1.807) is 24.3 Å². The molecule has 0 radical (unpaired) electrons. The van der Waals surface area contributed by atoms with Gasteiger partial charge in [-0.2, -0.15) is 5.11 Å². The molecule has 6 nitrogen and oxygen atoms in total. The van der Waals surface area contributed by atoms with Gasteiger partial charge in [0.2, 0.25) is 0 Å². The second-order valence-electron chi connectivity index (χ2n) is 6.28. The number of carbonyl (C=O) groups is 2. The van der Waals surface area contributed by atoms with Crippen LogP contribution in [0.2, 0.25) is 5.02 Å². The van der Waals surface area contributed by atoms with Crippen LogP contribution in [0.1, 0.15) is 11.1 Å². The highest BCUT2D eigenvalue weighted by Crippen LogP contribution is 2.35. The summed E-state index contributed by atoms with van der Waals surface area (Å²) in [5, 5.41) is 10.1. The van der Waals surface area contributed by atoms with Crippen molar-refractivity contribution in [1.29, 1.82) is 0 Å². The molecule has 126 valence electrons. The Kier molecular flexibility index (Phi) is 3.58. The third-order valence-corrected chi connectivity index (χ3v) is 4.55. The van der Waals surface area contributed by atoms with Gasteiger partial charge in [-0.3, -0.25) is 9.59 Å². The lowest BCUT2D eigenvalue weighted by Gasteiger charge is -2.21. The van der Waals surface area contributed by atoms with E-state index < -0.39 is 12.1 Å². The highest BCUT2D eigenvalue weighted by Gasteiger charge is 2.55. The number of anilines is 2. The van der Waals surface area contributed by atoms with Crippen LogP contribution < -0.4 is 9.91 Å². The third-order valence-electron chi connectivity index (χ3n) is 4.32. The Bertz CT molecular complexity index is 907. The number of halogens is 1. The standard InChI is InChI=1S/C18H15ClN4O2/c1-10-6-11(2)8-14(7-10)22-17(24)15-16(18(22)25)23(21-20-15)13-5-3-4-12(19)9-13/h3-9,15-16H,1-2H3. The zero-order valence-electron chi connectivity index (χ0n) is 13.7. The van der Waals surface area contributed by atoms with Crippen molar-refractivity contribution in [2.24, 2.45) is 10.3 Å². The van der Waals surface area contributed by atoms with Gasteiger partial charge in [0, 0.05) is 5.02 Å². The molecule has 2 amide bonds. The van der Waals surface area contributed by atoms with Crippen molar-refractivity contribution < 1.29 is 9.59 Å². The van der Waals surface area contributed by atoms with Crippen LogP contribution in [0.25, 0.3) is 0 Å². The fraction of sp³-hybridized carbons (Fsp3) is 0.222. The number of fused-ring (bicyclic) bond motifs is 1. The average Bonchev–Trinajstić information content (AvgIpc) is 3.07. The quantitative estimate of drug-likeness (QED) is 0.776. The van der Waals surface area contributed by atoms with Gasteiger partial charge >= 0.3 is 0 Å². The van der Waals surface area contributed by atoms with E-state index in [0.29, 0.717) is 16.4 Å². The zero-order valence-corrected chi connectivity index (χ0v) is 14.4. The molecule has 0 aromatic heterocycles. The van der Waals surface area contributed by atoms with Crippen LogP contribution in [-0.2, 0) is 9.59 Å². The maximum absolute atomic E-state index is 13.0. The van der Waals surface area contributed by atoms with Crippen LogP contribution in [0, 0.1) is 13.8 Å². The van der Waals surface area contributed by atoms with Gasteiger partial charge in [0.15, 0.2) is 12.1 Å². The highest BCUT2D eigenvalue weighted by molar-refractivity contribution is 6.31. The SMILES string of the molecule is Cc1cc(C)cc(N2C(=O)C3N=NN(c4cccc(Cl)c4)C3C2=O)c1. The fourth-order valence-corrected chi connectivity index (χ4v) is 3.51. The van der Waals surface area contributed by atoms with E-state index in [4.69, 9.17) is 11.6 Å². The Balaban J connectivity index is 1.73. The monoisotopic (exact) mass is 354 g/mol. The summed E-state index contributed by atoms with van der Waals surface area (Å²) in [5.41, 5.74) is 3.18. The number of amides is 2. The van der Waals surface area contributed by atoms with E-state index in [9.17, 15) is 9.59 Å². The molecule has 0 aliphatic carbocycles. The largest absolute Gasteiger partial charge is 0.271 e. The summed E-state index contributed by atoms with van der Waals surface area (Å²) < 4.78 is 0. The smallest absolute Gasteiger partial charge is 0.263 e. The Labute approximate surface area is 149 Å². The predicted molar refractivity (Wildman–Crippen MR) is 94.8 cm³/mol. The van der Waals surface area contributed by atoms with E-state index in [2.05, 4.69) is 10.3 Å². The molecule has 2 atom stereocenters. The first kappa shape index (κ1) is 15.8. The van der Waals surface area contributed by atoms with Crippen LogP contribution in [0.4, 0.5) is 11.4 Å². The Hall–Kier alpha value is -2.73. The first-order valence-electron chi connectivity index (χ1n) is 7.87. The lowest BCUT2D eigenvalue weighted by molar-refractivity contribution is -0.121. The van der Waals surface area contributed by atoms with E-state index in [1.165, 1.54) is 9.91 Å². The van der Waals surface area contributed by atoms with Gasteiger partial charge < -0.3 is 0 Å². The molecule has 2 unspecified atom stereocenters. The lowest BCUT2D eigenvalue weighted by atomic mass is 10.1. The average molecular weight is 355 g/mol. The van der Waals surface area contributed by atoms with Crippen molar-refractivity contribution in [1.82, 2.24) is 0 Å². The predicted octanol–water partition coefficient (Wildman–Crippen LogP) is 3.45. The summed E-state index contributed by atoms with van der Waals surface area (Å²) in [7, 11) is 0. The highest BCUT2D eigenvalue weighted by atomic mass is 35.5. The van der Waals surface area contributed by atoms with Crippen LogP contribution in [-0.4, -0.2) is 23.9 Å². The summed E-state index contributed by atoms with van der Waals surface area (Å²) >= 11 is 6.03. The van der Waals surface area contributed by atoms with Crippen molar-refractivity contribution in [3.05, 3.63) is 58.6 Å². The van der Waals surface area contributed by atoms with Crippen LogP contribution in [0.3, 0.4) is 0 Å². The van der Waals surface area contributed by atoms with E-state index >= 15 is 0 Å².